The highest BCUT2D eigenvalue weighted by molar-refractivity contribution is 7.17. The number of ether oxygens (including phenoxy) is 1. The lowest BCUT2D eigenvalue weighted by Crippen LogP contribution is -2.07. The van der Waals surface area contributed by atoms with Crippen molar-refractivity contribution in [3.63, 3.8) is 0 Å². The Balaban J connectivity index is 2.07. The summed E-state index contributed by atoms with van der Waals surface area (Å²) in [5.41, 5.74) is 0.389. The number of thiophene rings is 1. The number of carbonyl (C=O) groups is 2. The third kappa shape index (κ3) is 3.57. The van der Waals surface area contributed by atoms with Crippen LogP contribution in [-0.4, -0.2) is 18.4 Å². The van der Waals surface area contributed by atoms with Crippen LogP contribution in [-0.2, 0) is 16.0 Å². The number of carbonyl (C=O) groups excluding carboxylic acids is 2. The van der Waals surface area contributed by atoms with Crippen molar-refractivity contribution in [2.75, 3.05) is 6.61 Å². The highest BCUT2D eigenvalue weighted by Crippen LogP contribution is 2.36. The van der Waals surface area contributed by atoms with Crippen LogP contribution in [0.2, 0.25) is 0 Å². The molecule has 0 unspecified atom stereocenters. The number of hydrogen-bond acceptors (Lipinski definition) is 5. The Hall–Kier alpha value is -2.80. The molecule has 134 valence electrons. The van der Waals surface area contributed by atoms with Crippen molar-refractivity contribution in [2.24, 2.45) is 0 Å². The van der Waals surface area contributed by atoms with E-state index in [1.165, 1.54) is 30.5 Å². The van der Waals surface area contributed by atoms with Gasteiger partial charge in [0.2, 0.25) is 5.78 Å². The molecule has 0 saturated heterocycles. The minimum Gasteiger partial charge on any atom is -0.466 e. The van der Waals surface area contributed by atoms with Crippen LogP contribution in [0.15, 0.2) is 47.1 Å². The van der Waals surface area contributed by atoms with Crippen molar-refractivity contribution in [3.8, 4) is 10.4 Å². The molecule has 26 heavy (non-hydrogen) atoms. The summed E-state index contributed by atoms with van der Waals surface area (Å²) in [6.45, 7) is 1.87. The zero-order valence-electron chi connectivity index (χ0n) is 13.8. The van der Waals surface area contributed by atoms with Gasteiger partial charge in [0.15, 0.2) is 17.4 Å². The quantitative estimate of drug-likeness (QED) is 0.465. The SMILES string of the molecule is CCOC(=O)Cc1cc(C(=O)c2ccco2)sc1-c1cccc(F)c1F. The van der Waals surface area contributed by atoms with E-state index in [0.29, 0.717) is 10.4 Å². The molecule has 0 spiro atoms. The summed E-state index contributed by atoms with van der Waals surface area (Å²) >= 11 is 0.978. The Morgan fingerprint density at radius 1 is 1.19 bits per heavy atom. The lowest BCUT2D eigenvalue weighted by Gasteiger charge is -2.05. The van der Waals surface area contributed by atoms with E-state index in [4.69, 9.17) is 9.15 Å². The Morgan fingerprint density at radius 3 is 2.69 bits per heavy atom. The Morgan fingerprint density at radius 2 is 2.00 bits per heavy atom. The van der Waals surface area contributed by atoms with E-state index in [9.17, 15) is 18.4 Å². The van der Waals surface area contributed by atoms with Crippen molar-refractivity contribution in [1.29, 1.82) is 0 Å². The molecule has 1 aromatic carbocycles. The molecular weight excluding hydrogens is 362 g/mol. The first kappa shape index (κ1) is 18.0. The van der Waals surface area contributed by atoms with E-state index in [1.54, 1.807) is 13.0 Å². The third-order valence-electron chi connectivity index (χ3n) is 3.61. The molecule has 4 nitrogen and oxygen atoms in total. The van der Waals surface area contributed by atoms with Crippen molar-refractivity contribution in [1.82, 2.24) is 0 Å². The lowest BCUT2D eigenvalue weighted by atomic mass is 10.1. The van der Waals surface area contributed by atoms with E-state index in [-0.39, 0.29) is 29.2 Å². The van der Waals surface area contributed by atoms with Gasteiger partial charge in [-0.05, 0) is 36.8 Å². The number of esters is 1. The van der Waals surface area contributed by atoms with Gasteiger partial charge in [0.05, 0.1) is 24.2 Å². The molecule has 0 bridgehead atoms. The standard InChI is InChI=1S/C19H14F2O4S/c1-2-24-16(22)10-11-9-15(18(23)14-7-4-8-25-14)26-19(11)12-5-3-6-13(20)17(12)21/h3-9H,2,10H2,1H3. The summed E-state index contributed by atoms with van der Waals surface area (Å²) in [6, 6.07) is 8.36. The van der Waals surface area contributed by atoms with Crippen LogP contribution in [0.25, 0.3) is 10.4 Å². The van der Waals surface area contributed by atoms with Gasteiger partial charge in [-0.3, -0.25) is 9.59 Å². The molecule has 7 heteroatoms. The van der Waals surface area contributed by atoms with E-state index < -0.39 is 23.4 Å². The van der Waals surface area contributed by atoms with Crippen LogP contribution in [0.3, 0.4) is 0 Å². The molecule has 0 saturated carbocycles. The Bertz CT molecular complexity index is 945. The Labute approximate surface area is 152 Å². The predicted octanol–water partition coefficient (Wildman–Crippen LogP) is 4.62. The second-order valence-corrected chi connectivity index (χ2v) is 6.41. The summed E-state index contributed by atoms with van der Waals surface area (Å²) in [4.78, 5) is 24.9. The number of hydrogen-bond donors (Lipinski definition) is 0. The second-order valence-electron chi connectivity index (χ2n) is 5.35. The van der Waals surface area contributed by atoms with Gasteiger partial charge in [-0.25, -0.2) is 8.78 Å². The van der Waals surface area contributed by atoms with Crippen molar-refractivity contribution >= 4 is 23.1 Å². The van der Waals surface area contributed by atoms with Crippen molar-refractivity contribution in [2.45, 2.75) is 13.3 Å². The van der Waals surface area contributed by atoms with Crippen molar-refractivity contribution < 1.29 is 27.5 Å². The van der Waals surface area contributed by atoms with Crippen LogP contribution in [0.5, 0.6) is 0 Å². The van der Waals surface area contributed by atoms with E-state index >= 15 is 0 Å². The normalized spacial score (nSPS) is 10.7. The molecule has 0 radical (unpaired) electrons. The average Bonchev–Trinajstić information content (AvgIpc) is 3.27. The van der Waals surface area contributed by atoms with Crippen molar-refractivity contribution in [3.05, 3.63) is 70.5 Å². The highest BCUT2D eigenvalue weighted by Gasteiger charge is 2.23. The highest BCUT2D eigenvalue weighted by atomic mass is 32.1. The number of benzene rings is 1. The molecule has 3 aromatic rings. The number of furan rings is 1. The molecular formula is C19H14F2O4S. The monoisotopic (exact) mass is 376 g/mol. The second kappa shape index (κ2) is 7.61. The number of halogens is 2. The van der Waals surface area contributed by atoms with E-state index in [1.807, 2.05) is 0 Å². The first-order chi connectivity index (χ1) is 12.5. The maximum atomic E-state index is 14.2. The summed E-state index contributed by atoms with van der Waals surface area (Å²) < 4.78 is 37.9. The zero-order valence-corrected chi connectivity index (χ0v) is 14.6. The summed E-state index contributed by atoms with van der Waals surface area (Å²) in [6.07, 6.45) is 1.22. The maximum Gasteiger partial charge on any atom is 0.310 e. The van der Waals surface area contributed by atoms with E-state index in [2.05, 4.69) is 0 Å². The zero-order chi connectivity index (χ0) is 18.7. The molecule has 3 rings (SSSR count). The molecule has 0 N–H and O–H groups in total. The van der Waals surface area contributed by atoms with Crippen LogP contribution in [0, 0.1) is 11.6 Å². The maximum absolute atomic E-state index is 14.2. The molecule has 0 aliphatic heterocycles. The largest absolute Gasteiger partial charge is 0.466 e. The minimum atomic E-state index is -1.03. The third-order valence-corrected chi connectivity index (χ3v) is 4.82. The van der Waals surface area contributed by atoms with E-state index in [0.717, 1.165) is 17.4 Å². The van der Waals surface area contributed by atoms with Gasteiger partial charge in [0.25, 0.3) is 0 Å². The first-order valence-corrected chi connectivity index (χ1v) is 8.63. The fourth-order valence-corrected chi connectivity index (χ4v) is 3.62. The van der Waals surface area contributed by atoms with Crippen LogP contribution >= 0.6 is 11.3 Å². The molecule has 2 aromatic heterocycles. The average molecular weight is 376 g/mol. The first-order valence-electron chi connectivity index (χ1n) is 7.82. The van der Waals surface area contributed by atoms with Gasteiger partial charge in [0.1, 0.15) is 0 Å². The smallest absolute Gasteiger partial charge is 0.310 e. The summed E-state index contributed by atoms with van der Waals surface area (Å²) in [7, 11) is 0. The molecule has 0 aliphatic rings. The molecule has 2 heterocycles. The Kier molecular flexibility index (Phi) is 5.27. The summed E-state index contributed by atoms with van der Waals surface area (Å²) in [5, 5.41) is 0. The van der Waals surface area contributed by atoms with Crippen LogP contribution in [0.1, 0.15) is 27.9 Å². The van der Waals surface area contributed by atoms with Gasteiger partial charge in [0, 0.05) is 10.4 Å². The predicted molar refractivity (Wildman–Crippen MR) is 92.1 cm³/mol. The fourth-order valence-electron chi connectivity index (χ4n) is 2.48. The topological polar surface area (TPSA) is 56.5 Å². The van der Waals surface area contributed by atoms with Gasteiger partial charge >= 0.3 is 5.97 Å². The van der Waals surface area contributed by atoms with Crippen LogP contribution < -0.4 is 0 Å². The van der Waals surface area contributed by atoms with Gasteiger partial charge in [-0.2, -0.15) is 0 Å². The minimum absolute atomic E-state index is 0.00667. The fraction of sp³-hybridized carbons (Fsp3) is 0.158. The lowest BCUT2D eigenvalue weighted by molar-refractivity contribution is -0.142. The molecule has 0 fully saturated rings. The van der Waals surface area contributed by atoms with Crippen LogP contribution in [0.4, 0.5) is 8.78 Å². The number of ketones is 1. The van der Waals surface area contributed by atoms with Gasteiger partial charge in [-0.1, -0.05) is 12.1 Å². The molecule has 0 amide bonds. The molecule has 0 atom stereocenters. The summed E-state index contributed by atoms with van der Waals surface area (Å²) in [5.74, 6) is -2.82. The number of rotatable bonds is 6. The van der Waals surface area contributed by atoms with Gasteiger partial charge in [-0.15, -0.1) is 11.3 Å². The van der Waals surface area contributed by atoms with Gasteiger partial charge < -0.3 is 9.15 Å². The molecule has 0 aliphatic carbocycles.